The average Bonchev–Trinajstić information content (AvgIpc) is 3.70. The highest BCUT2D eigenvalue weighted by molar-refractivity contribution is 5.96. The van der Waals surface area contributed by atoms with Crippen molar-refractivity contribution in [3.05, 3.63) is 47.3 Å². The minimum atomic E-state index is -0.0602. The van der Waals surface area contributed by atoms with Crippen molar-refractivity contribution in [3.63, 3.8) is 0 Å². The Morgan fingerprint density at radius 3 is 2.58 bits per heavy atom. The minimum Gasteiger partial charge on any atom is -0.381 e. The quantitative estimate of drug-likeness (QED) is 0.578. The summed E-state index contributed by atoms with van der Waals surface area (Å²) in [6, 6.07) is 8.40. The van der Waals surface area contributed by atoms with Gasteiger partial charge >= 0.3 is 0 Å². The number of aryl methyl sites for hydroxylation is 1. The number of carbonyl (C=O) groups excluding carboxylic acids is 2. The molecule has 0 radical (unpaired) electrons. The van der Waals surface area contributed by atoms with Gasteiger partial charge in [-0.15, -0.1) is 0 Å². The summed E-state index contributed by atoms with van der Waals surface area (Å²) in [7, 11) is 1.55. The molecule has 2 fully saturated rings. The van der Waals surface area contributed by atoms with Crippen LogP contribution in [0.15, 0.2) is 30.5 Å². The molecular formula is C29H41N5O4. The smallest absolute Gasteiger partial charge is 0.257 e. The number of fused-ring (bicyclic) bond motifs is 1. The van der Waals surface area contributed by atoms with Crippen LogP contribution in [0.5, 0.6) is 0 Å². The number of nitrogens with zero attached hydrogens (tertiary/aromatic N) is 5. The first kappa shape index (κ1) is 26.8. The number of hydrogen-bond donors (Lipinski definition) is 0. The van der Waals surface area contributed by atoms with E-state index in [-0.39, 0.29) is 18.4 Å². The normalized spacial score (nSPS) is 20.2. The van der Waals surface area contributed by atoms with E-state index in [0.717, 1.165) is 87.5 Å². The van der Waals surface area contributed by atoms with Crippen molar-refractivity contribution >= 4 is 17.5 Å². The summed E-state index contributed by atoms with van der Waals surface area (Å²) in [6.45, 7) is 7.71. The third-order valence-electron chi connectivity index (χ3n) is 8.00. The van der Waals surface area contributed by atoms with Crippen molar-refractivity contribution in [3.8, 4) is 0 Å². The van der Waals surface area contributed by atoms with Gasteiger partial charge in [0, 0.05) is 83.4 Å². The van der Waals surface area contributed by atoms with Crippen molar-refractivity contribution in [2.75, 3.05) is 58.0 Å². The van der Waals surface area contributed by atoms with E-state index in [2.05, 4.69) is 11.8 Å². The summed E-state index contributed by atoms with van der Waals surface area (Å²) in [6.07, 6.45) is 6.96. The molecule has 9 heteroatoms. The van der Waals surface area contributed by atoms with E-state index < -0.39 is 0 Å². The lowest BCUT2D eigenvalue weighted by Gasteiger charge is -2.35. The van der Waals surface area contributed by atoms with Crippen LogP contribution < -0.4 is 4.90 Å². The van der Waals surface area contributed by atoms with E-state index in [1.54, 1.807) is 7.11 Å². The Labute approximate surface area is 225 Å². The highest BCUT2D eigenvalue weighted by Gasteiger charge is 2.34. The van der Waals surface area contributed by atoms with Crippen molar-refractivity contribution < 1.29 is 19.1 Å². The fourth-order valence-corrected chi connectivity index (χ4v) is 5.75. The van der Waals surface area contributed by atoms with E-state index in [0.29, 0.717) is 31.6 Å². The van der Waals surface area contributed by atoms with Gasteiger partial charge in [-0.1, -0.05) is 18.2 Å². The Hall–Kier alpha value is -2.75. The fraction of sp³-hybridized carbons (Fsp3) is 0.621. The first-order valence-electron chi connectivity index (χ1n) is 14.1. The van der Waals surface area contributed by atoms with E-state index >= 15 is 0 Å². The van der Waals surface area contributed by atoms with Crippen LogP contribution in [0.1, 0.15) is 66.6 Å². The zero-order chi connectivity index (χ0) is 26.5. The highest BCUT2D eigenvalue weighted by atomic mass is 16.5. The maximum absolute atomic E-state index is 14.2. The number of para-hydroxylation sites is 1. The van der Waals surface area contributed by atoms with Gasteiger partial charge in [0.05, 0.1) is 11.3 Å². The van der Waals surface area contributed by atoms with Crippen molar-refractivity contribution in [2.45, 2.75) is 64.1 Å². The van der Waals surface area contributed by atoms with Crippen LogP contribution in [-0.2, 0) is 27.4 Å². The number of carbonyl (C=O) groups is 2. The van der Waals surface area contributed by atoms with Gasteiger partial charge < -0.3 is 19.3 Å². The van der Waals surface area contributed by atoms with Crippen molar-refractivity contribution in [1.82, 2.24) is 19.6 Å². The lowest BCUT2D eigenvalue weighted by atomic mass is 10.1. The van der Waals surface area contributed by atoms with Gasteiger partial charge in [-0.3, -0.25) is 19.2 Å². The molecule has 1 aromatic carbocycles. The van der Waals surface area contributed by atoms with Gasteiger partial charge in [0.1, 0.15) is 6.61 Å². The number of amides is 2. The lowest BCUT2D eigenvalue weighted by molar-refractivity contribution is -0.122. The van der Waals surface area contributed by atoms with Crippen molar-refractivity contribution in [1.29, 1.82) is 0 Å². The van der Waals surface area contributed by atoms with Gasteiger partial charge in [0.25, 0.3) is 11.8 Å². The molecule has 2 aliphatic heterocycles. The van der Waals surface area contributed by atoms with E-state index in [4.69, 9.17) is 14.6 Å². The second-order valence-corrected chi connectivity index (χ2v) is 10.6. The Balaban J connectivity index is 1.49. The number of aromatic nitrogens is 2. The predicted octanol–water partition coefficient (Wildman–Crippen LogP) is 3.29. The number of benzene rings is 1. The summed E-state index contributed by atoms with van der Waals surface area (Å²) in [5.74, 6) is 0.358. The first-order chi connectivity index (χ1) is 18.6. The second-order valence-electron chi connectivity index (χ2n) is 10.6. The standard InChI is InChI=1S/C29H41N5O4/c1-3-33-20-25(28(30-33)22-9-10-22)29(36)32-16-15-31(24-11-17-38-18-12-24)13-6-14-34(27(35)21-37-2)26-8-5-4-7-23(26)19-32/h4-5,7-8,20,22,24H,3,6,9-19,21H2,1-2H3. The Bertz CT molecular complexity index is 1110. The molecule has 1 aliphatic carbocycles. The third kappa shape index (κ3) is 6.11. The molecule has 3 aliphatic rings. The van der Waals surface area contributed by atoms with Crippen LogP contribution >= 0.6 is 0 Å². The summed E-state index contributed by atoms with van der Waals surface area (Å²) >= 11 is 0. The van der Waals surface area contributed by atoms with Gasteiger partial charge in [-0.25, -0.2) is 0 Å². The van der Waals surface area contributed by atoms with Crippen LogP contribution in [0.4, 0.5) is 5.69 Å². The van der Waals surface area contributed by atoms with E-state index in [9.17, 15) is 9.59 Å². The summed E-state index contributed by atoms with van der Waals surface area (Å²) in [5.41, 5.74) is 3.50. The maximum atomic E-state index is 14.2. The molecular weight excluding hydrogens is 482 g/mol. The molecule has 3 heterocycles. The lowest BCUT2D eigenvalue weighted by Crippen LogP contribution is -2.45. The van der Waals surface area contributed by atoms with Gasteiger partial charge in [0.2, 0.25) is 0 Å². The predicted molar refractivity (Wildman–Crippen MR) is 145 cm³/mol. The molecule has 1 saturated carbocycles. The van der Waals surface area contributed by atoms with Crippen LogP contribution in [-0.4, -0.2) is 90.5 Å². The number of ether oxygens (including phenoxy) is 2. The van der Waals surface area contributed by atoms with Gasteiger partial charge in [0.15, 0.2) is 0 Å². The molecule has 0 bridgehead atoms. The molecule has 5 rings (SSSR count). The van der Waals surface area contributed by atoms with Crippen LogP contribution in [0.2, 0.25) is 0 Å². The Morgan fingerprint density at radius 2 is 1.84 bits per heavy atom. The summed E-state index contributed by atoms with van der Waals surface area (Å²) < 4.78 is 12.7. The second kappa shape index (κ2) is 12.4. The van der Waals surface area contributed by atoms with Gasteiger partial charge in [-0.05, 0) is 50.7 Å². The maximum Gasteiger partial charge on any atom is 0.257 e. The monoisotopic (exact) mass is 523 g/mol. The molecule has 1 aromatic heterocycles. The molecule has 2 aromatic rings. The van der Waals surface area contributed by atoms with Crippen LogP contribution in [0.3, 0.4) is 0 Å². The van der Waals surface area contributed by atoms with Crippen LogP contribution in [0.25, 0.3) is 0 Å². The molecule has 38 heavy (non-hydrogen) atoms. The Morgan fingerprint density at radius 1 is 1.05 bits per heavy atom. The Kier molecular flexibility index (Phi) is 8.76. The van der Waals surface area contributed by atoms with Crippen LogP contribution in [0, 0.1) is 0 Å². The number of rotatable bonds is 6. The third-order valence-corrected chi connectivity index (χ3v) is 8.00. The SMILES string of the molecule is CCn1cc(C(=O)N2CCN(C3CCOCC3)CCCN(C(=O)COC)c3ccccc3C2)c(C2CC2)n1. The molecule has 1 saturated heterocycles. The molecule has 2 amide bonds. The summed E-state index contributed by atoms with van der Waals surface area (Å²) in [4.78, 5) is 33.7. The molecule has 9 nitrogen and oxygen atoms in total. The van der Waals surface area contributed by atoms with Crippen molar-refractivity contribution in [2.24, 2.45) is 0 Å². The first-order valence-corrected chi connectivity index (χ1v) is 14.1. The molecule has 0 unspecified atom stereocenters. The topological polar surface area (TPSA) is 80.1 Å². The number of anilines is 1. The summed E-state index contributed by atoms with van der Waals surface area (Å²) in [5, 5.41) is 4.76. The number of methoxy groups -OCH3 is 1. The zero-order valence-electron chi connectivity index (χ0n) is 22.8. The highest BCUT2D eigenvalue weighted by Crippen LogP contribution is 2.41. The average molecular weight is 524 g/mol. The van der Waals surface area contributed by atoms with E-state index in [1.807, 2.05) is 44.9 Å². The van der Waals surface area contributed by atoms with E-state index in [1.165, 1.54) is 0 Å². The fourth-order valence-electron chi connectivity index (χ4n) is 5.75. The molecule has 0 N–H and O–H groups in total. The molecule has 206 valence electrons. The van der Waals surface area contributed by atoms with Gasteiger partial charge in [-0.2, -0.15) is 5.10 Å². The minimum absolute atomic E-state index is 0.0294. The number of hydrogen-bond acceptors (Lipinski definition) is 6. The molecule has 0 spiro atoms. The largest absolute Gasteiger partial charge is 0.381 e. The zero-order valence-corrected chi connectivity index (χ0v) is 22.8. The molecule has 0 atom stereocenters.